The van der Waals surface area contributed by atoms with E-state index in [1.165, 1.54) is 12.1 Å². The van der Waals surface area contributed by atoms with Gasteiger partial charge in [-0.15, -0.1) is 0 Å². The van der Waals surface area contributed by atoms with E-state index < -0.39 is 11.7 Å². The van der Waals surface area contributed by atoms with Crippen LogP contribution in [0.1, 0.15) is 12.5 Å². The van der Waals surface area contributed by atoms with Gasteiger partial charge < -0.3 is 25.3 Å². The largest absolute Gasteiger partial charge is 0.435 e. The molecule has 0 radical (unpaired) electrons. The van der Waals surface area contributed by atoms with Gasteiger partial charge in [-0.1, -0.05) is 12.6 Å². The number of anilines is 3. The van der Waals surface area contributed by atoms with Crippen molar-refractivity contribution in [3.05, 3.63) is 61.3 Å². The third kappa shape index (κ3) is 4.33. The summed E-state index contributed by atoms with van der Waals surface area (Å²) in [5.41, 5.74) is 1.23. The number of carbonyl (C=O) groups is 1. The van der Waals surface area contributed by atoms with Crippen LogP contribution in [0.15, 0.2) is 55.5 Å². The van der Waals surface area contributed by atoms with Crippen molar-refractivity contribution >= 4 is 34.3 Å². The second kappa shape index (κ2) is 8.94. The van der Waals surface area contributed by atoms with Gasteiger partial charge in [0.2, 0.25) is 17.7 Å². The molecule has 3 N–H and O–H groups in total. The molecule has 1 atom stereocenters. The Balaban J connectivity index is 1.41. The van der Waals surface area contributed by atoms with Gasteiger partial charge in [0, 0.05) is 18.9 Å². The highest BCUT2D eigenvalue weighted by molar-refractivity contribution is 5.99. The first-order valence-electron chi connectivity index (χ1n) is 10.7. The van der Waals surface area contributed by atoms with E-state index in [1.807, 2.05) is 10.9 Å². The molecule has 34 heavy (non-hydrogen) atoms. The van der Waals surface area contributed by atoms with E-state index in [2.05, 4.69) is 49.2 Å². The molecule has 1 unspecified atom stereocenters. The predicted octanol–water partition coefficient (Wildman–Crippen LogP) is 3.83. The fourth-order valence-corrected chi connectivity index (χ4v) is 3.88. The van der Waals surface area contributed by atoms with Crippen LogP contribution in [0.2, 0.25) is 0 Å². The van der Waals surface area contributed by atoms with Crippen LogP contribution in [0.4, 0.5) is 21.7 Å². The number of hydrogen-bond donors (Lipinski definition) is 3. The first-order valence-corrected chi connectivity index (χ1v) is 10.7. The zero-order valence-electron chi connectivity index (χ0n) is 18.5. The number of amides is 1. The minimum absolute atomic E-state index is 0.0231. The molecule has 0 spiro atoms. The molecule has 0 bridgehead atoms. The number of rotatable bonds is 7. The number of likely N-dealkylation sites (N-methyl/N-ethyl adjacent to an activating group) is 1. The highest BCUT2D eigenvalue weighted by Crippen LogP contribution is 2.33. The molecule has 1 aliphatic rings. The molecule has 10 nitrogen and oxygen atoms in total. The maximum Gasteiger partial charge on any atom is 0.247 e. The van der Waals surface area contributed by atoms with Crippen molar-refractivity contribution in [1.29, 1.82) is 0 Å². The van der Waals surface area contributed by atoms with E-state index in [4.69, 9.17) is 4.74 Å². The number of benzene rings is 1. The molecule has 1 saturated heterocycles. The smallest absolute Gasteiger partial charge is 0.247 e. The normalized spacial score (nSPS) is 16.0. The van der Waals surface area contributed by atoms with E-state index in [0.717, 1.165) is 31.3 Å². The van der Waals surface area contributed by atoms with Crippen LogP contribution in [0.5, 0.6) is 11.6 Å². The van der Waals surface area contributed by atoms with Gasteiger partial charge in [0.1, 0.15) is 5.65 Å². The lowest BCUT2D eigenvalue weighted by Crippen LogP contribution is -2.16. The van der Waals surface area contributed by atoms with Crippen LogP contribution in [0, 0.1) is 5.82 Å². The Kier molecular flexibility index (Phi) is 5.68. The average molecular weight is 462 g/mol. The highest BCUT2D eigenvalue weighted by Gasteiger charge is 2.22. The number of halogens is 1. The lowest BCUT2D eigenvalue weighted by atomic mass is 10.2. The van der Waals surface area contributed by atoms with Gasteiger partial charge in [-0.2, -0.15) is 15.1 Å². The van der Waals surface area contributed by atoms with Crippen molar-refractivity contribution in [2.24, 2.45) is 0 Å². The van der Waals surface area contributed by atoms with Gasteiger partial charge in [0.05, 0.1) is 29.0 Å². The Morgan fingerprint density at radius 1 is 1.35 bits per heavy atom. The van der Waals surface area contributed by atoms with Gasteiger partial charge >= 0.3 is 0 Å². The summed E-state index contributed by atoms with van der Waals surface area (Å²) in [7, 11) is 2.09. The van der Waals surface area contributed by atoms with Crippen molar-refractivity contribution in [2.45, 2.75) is 12.5 Å². The lowest BCUT2D eigenvalue weighted by molar-refractivity contribution is -0.111. The average Bonchev–Trinajstić information content (AvgIpc) is 3.57. The number of carbonyl (C=O) groups excluding carboxylic acids is 1. The van der Waals surface area contributed by atoms with Crippen LogP contribution in [0.25, 0.3) is 11.0 Å². The third-order valence-electron chi connectivity index (χ3n) is 5.59. The molecular weight excluding hydrogens is 439 g/mol. The second-order valence-corrected chi connectivity index (χ2v) is 8.04. The van der Waals surface area contributed by atoms with Crippen molar-refractivity contribution < 1.29 is 13.9 Å². The number of hydrogen-bond acceptors (Lipinski definition) is 7. The van der Waals surface area contributed by atoms with E-state index in [9.17, 15) is 9.18 Å². The molecule has 1 aromatic carbocycles. The maximum absolute atomic E-state index is 15.0. The monoisotopic (exact) mass is 462 g/mol. The highest BCUT2D eigenvalue weighted by atomic mass is 19.1. The summed E-state index contributed by atoms with van der Waals surface area (Å²) in [6.07, 6.45) is 7.43. The predicted molar refractivity (Wildman–Crippen MR) is 126 cm³/mol. The maximum atomic E-state index is 15.0. The van der Waals surface area contributed by atoms with Crippen LogP contribution in [0.3, 0.4) is 0 Å². The van der Waals surface area contributed by atoms with E-state index in [1.54, 1.807) is 24.5 Å². The fraction of sp³-hybridized carbons (Fsp3) is 0.217. The number of nitrogens with one attached hydrogen (secondary N) is 3. The van der Waals surface area contributed by atoms with Crippen molar-refractivity contribution in [3.8, 4) is 11.6 Å². The van der Waals surface area contributed by atoms with E-state index >= 15 is 0 Å². The Morgan fingerprint density at radius 2 is 2.24 bits per heavy atom. The summed E-state index contributed by atoms with van der Waals surface area (Å²) in [5, 5.41) is 10.6. The molecule has 0 saturated carbocycles. The molecule has 5 rings (SSSR count). The number of aromatic amines is 1. The number of H-pyrrole nitrogens is 1. The van der Waals surface area contributed by atoms with Gasteiger partial charge in [-0.25, -0.2) is 4.39 Å². The van der Waals surface area contributed by atoms with Crippen LogP contribution < -0.4 is 15.4 Å². The van der Waals surface area contributed by atoms with Crippen LogP contribution >= 0.6 is 0 Å². The number of ether oxygens (including phenoxy) is 1. The second-order valence-electron chi connectivity index (χ2n) is 8.04. The van der Waals surface area contributed by atoms with Gasteiger partial charge in [0.15, 0.2) is 11.6 Å². The zero-order valence-corrected chi connectivity index (χ0v) is 18.5. The SMILES string of the molecule is C=CC(=O)Nc1cccc(Oc2nc(Nc3cnn(C4CCN(C)C4)c3)nc3[nH]ccc23)c1F. The van der Waals surface area contributed by atoms with E-state index in [0.29, 0.717) is 17.1 Å². The molecule has 4 aromatic rings. The molecule has 11 heteroatoms. The van der Waals surface area contributed by atoms with Crippen molar-refractivity contribution in [2.75, 3.05) is 30.8 Å². The van der Waals surface area contributed by atoms with Crippen LogP contribution in [-0.2, 0) is 4.79 Å². The number of likely N-dealkylation sites (tertiary alicyclic amines) is 1. The minimum Gasteiger partial charge on any atom is -0.435 e. The quantitative estimate of drug-likeness (QED) is 0.358. The summed E-state index contributed by atoms with van der Waals surface area (Å²) in [4.78, 5) is 25.8. The Morgan fingerprint density at radius 3 is 3.03 bits per heavy atom. The number of nitrogens with zero attached hydrogens (tertiary/aromatic N) is 5. The van der Waals surface area contributed by atoms with Gasteiger partial charge in [-0.05, 0) is 44.3 Å². The Bertz CT molecular complexity index is 1360. The number of aromatic nitrogens is 5. The molecular formula is C23H23FN8O2. The fourth-order valence-electron chi connectivity index (χ4n) is 3.88. The summed E-state index contributed by atoms with van der Waals surface area (Å²) in [5.74, 6) is -0.916. The molecule has 174 valence electrons. The third-order valence-corrected chi connectivity index (χ3v) is 5.59. The molecule has 0 aliphatic carbocycles. The van der Waals surface area contributed by atoms with Crippen molar-refractivity contribution in [1.82, 2.24) is 29.6 Å². The summed E-state index contributed by atoms with van der Waals surface area (Å²) >= 11 is 0. The number of fused-ring (bicyclic) bond motifs is 1. The zero-order chi connectivity index (χ0) is 23.7. The molecule has 3 aromatic heterocycles. The molecule has 1 amide bonds. The Labute approximate surface area is 194 Å². The first kappa shape index (κ1) is 21.6. The minimum atomic E-state index is -0.725. The Hall–Kier alpha value is -4.25. The molecule has 4 heterocycles. The van der Waals surface area contributed by atoms with E-state index in [-0.39, 0.29) is 23.3 Å². The topological polar surface area (TPSA) is 113 Å². The van der Waals surface area contributed by atoms with Gasteiger partial charge in [0.25, 0.3) is 0 Å². The standard InChI is InChI=1S/C23H23FN8O2/c1-3-19(33)28-17-5-4-6-18(20(17)24)34-22-16-7-9-25-21(16)29-23(30-22)27-14-11-26-32(12-14)15-8-10-31(2)13-15/h3-7,9,11-12,15H,1,8,10,13H2,2H3,(H,28,33)(H2,25,27,29,30). The lowest BCUT2D eigenvalue weighted by Gasteiger charge is -2.12. The van der Waals surface area contributed by atoms with Crippen molar-refractivity contribution in [3.63, 3.8) is 0 Å². The summed E-state index contributed by atoms with van der Waals surface area (Å²) in [6, 6.07) is 6.52. The summed E-state index contributed by atoms with van der Waals surface area (Å²) in [6.45, 7) is 5.36. The van der Waals surface area contributed by atoms with Crippen LogP contribution in [-0.4, -0.2) is 55.7 Å². The molecule has 1 aliphatic heterocycles. The van der Waals surface area contributed by atoms with Gasteiger partial charge in [-0.3, -0.25) is 9.48 Å². The first-order chi connectivity index (χ1) is 16.5. The summed E-state index contributed by atoms with van der Waals surface area (Å²) < 4.78 is 22.7. The molecule has 1 fully saturated rings.